The first-order chi connectivity index (χ1) is 7.78. The maximum atomic E-state index is 5.96. The number of methoxy groups -OCH3 is 1. The summed E-state index contributed by atoms with van der Waals surface area (Å²) in [4.78, 5) is 2.43. The number of benzene rings is 1. The highest BCUT2D eigenvalue weighted by atomic mass is 16.5. The number of nitrogens with two attached hydrogens (primary N) is 1. The van der Waals surface area contributed by atoms with Crippen LogP contribution in [0.1, 0.15) is 18.4 Å². The average molecular weight is 220 g/mol. The van der Waals surface area contributed by atoms with Gasteiger partial charge in [-0.15, -0.1) is 0 Å². The first kappa shape index (κ1) is 11.4. The van der Waals surface area contributed by atoms with Crippen LogP contribution >= 0.6 is 0 Å². The number of nitrogens with zero attached hydrogens (tertiary/aromatic N) is 1. The highest BCUT2D eigenvalue weighted by Crippen LogP contribution is 2.15. The molecule has 0 amide bonds. The molecule has 1 aromatic carbocycles. The molecule has 1 aliphatic heterocycles. The fourth-order valence-electron chi connectivity index (χ4n) is 2.22. The molecule has 1 aliphatic rings. The Kier molecular flexibility index (Phi) is 3.80. The van der Waals surface area contributed by atoms with Crippen molar-refractivity contribution in [3.05, 3.63) is 29.8 Å². The quantitative estimate of drug-likeness (QED) is 0.841. The minimum atomic E-state index is 0.354. The predicted molar refractivity (Wildman–Crippen MR) is 65.5 cm³/mol. The number of hydrogen-bond acceptors (Lipinski definition) is 3. The molecule has 0 aliphatic carbocycles. The third-order valence-corrected chi connectivity index (χ3v) is 3.11. The molecule has 0 aromatic heterocycles. The summed E-state index contributed by atoms with van der Waals surface area (Å²) in [6.07, 6.45) is 2.39. The van der Waals surface area contributed by atoms with Crippen LogP contribution in [0.15, 0.2) is 24.3 Å². The van der Waals surface area contributed by atoms with Crippen molar-refractivity contribution < 1.29 is 4.74 Å². The zero-order chi connectivity index (χ0) is 11.4. The molecule has 3 nitrogen and oxygen atoms in total. The molecule has 1 fully saturated rings. The molecule has 0 spiro atoms. The lowest BCUT2D eigenvalue weighted by atomic mass is 10.1. The van der Waals surface area contributed by atoms with Crippen LogP contribution in [0.2, 0.25) is 0 Å². The number of ether oxygens (including phenoxy) is 1. The Balaban J connectivity index is 1.92. The van der Waals surface area contributed by atoms with Crippen molar-refractivity contribution in [3.63, 3.8) is 0 Å². The maximum absolute atomic E-state index is 5.96. The Morgan fingerprint density at radius 2 is 2.12 bits per heavy atom. The Morgan fingerprint density at radius 3 is 2.75 bits per heavy atom. The molecule has 1 saturated heterocycles. The second-order valence-electron chi connectivity index (χ2n) is 4.49. The number of likely N-dealkylation sites (tertiary alicyclic amines) is 1. The molecule has 0 bridgehead atoms. The summed E-state index contributed by atoms with van der Waals surface area (Å²) in [5, 5.41) is 0. The minimum Gasteiger partial charge on any atom is -0.497 e. The highest BCUT2D eigenvalue weighted by Gasteiger charge is 2.16. The second-order valence-corrected chi connectivity index (χ2v) is 4.49. The van der Waals surface area contributed by atoms with Crippen LogP contribution in [0, 0.1) is 0 Å². The summed E-state index contributed by atoms with van der Waals surface area (Å²) >= 11 is 0. The second kappa shape index (κ2) is 5.32. The largest absolute Gasteiger partial charge is 0.497 e. The van der Waals surface area contributed by atoms with Crippen LogP contribution in [0.25, 0.3) is 0 Å². The fraction of sp³-hybridized carbons (Fsp3) is 0.538. The molecule has 1 aromatic rings. The van der Waals surface area contributed by atoms with Crippen LogP contribution in [0.5, 0.6) is 5.75 Å². The van der Waals surface area contributed by atoms with Gasteiger partial charge in [0.1, 0.15) is 5.75 Å². The number of rotatable bonds is 3. The zero-order valence-electron chi connectivity index (χ0n) is 9.86. The van der Waals surface area contributed by atoms with E-state index in [-0.39, 0.29) is 0 Å². The molecule has 2 rings (SSSR count). The Hall–Kier alpha value is -1.06. The standard InChI is InChI=1S/C13H20N2O/c1-16-13-6-4-11(5-7-13)9-15-8-2-3-12(14)10-15/h4-7,12H,2-3,8-10,14H2,1H3. The molecule has 1 unspecified atom stereocenters. The highest BCUT2D eigenvalue weighted by molar-refractivity contribution is 5.27. The third-order valence-electron chi connectivity index (χ3n) is 3.11. The minimum absolute atomic E-state index is 0.354. The van der Waals surface area contributed by atoms with Gasteiger partial charge in [0.15, 0.2) is 0 Å². The molecule has 2 N–H and O–H groups in total. The van der Waals surface area contributed by atoms with Gasteiger partial charge in [0, 0.05) is 19.1 Å². The van der Waals surface area contributed by atoms with Gasteiger partial charge < -0.3 is 10.5 Å². The predicted octanol–water partition coefficient (Wildman–Crippen LogP) is 1.62. The SMILES string of the molecule is COc1ccc(CN2CCCC(N)C2)cc1. The third kappa shape index (κ3) is 2.97. The molecule has 3 heteroatoms. The van der Waals surface area contributed by atoms with Crippen molar-refractivity contribution in [2.45, 2.75) is 25.4 Å². The van der Waals surface area contributed by atoms with Crippen molar-refractivity contribution in [1.82, 2.24) is 4.90 Å². The smallest absolute Gasteiger partial charge is 0.118 e. The maximum Gasteiger partial charge on any atom is 0.118 e. The van der Waals surface area contributed by atoms with Gasteiger partial charge in [-0.25, -0.2) is 0 Å². The topological polar surface area (TPSA) is 38.5 Å². The van der Waals surface area contributed by atoms with E-state index in [0.717, 1.165) is 18.8 Å². The summed E-state index contributed by atoms with van der Waals surface area (Å²) in [5.41, 5.74) is 7.29. The van der Waals surface area contributed by atoms with Crippen molar-refractivity contribution in [2.75, 3.05) is 20.2 Å². The summed E-state index contributed by atoms with van der Waals surface area (Å²) in [6.45, 7) is 3.18. The van der Waals surface area contributed by atoms with Gasteiger partial charge in [0.05, 0.1) is 7.11 Å². The van der Waals surface area contributed by atoms with E-state index in [1.807, 2.05) is 12.1 Å². The van der Waals surface area contributed by atoms with Crippen LogP contribution in [0.4, 0.5) is 0 Å². The van der Waals surface area contributed by atoms with Crippen molar-refractivity contribution in [2.24, 2.45) is 5.73 Å². The van der Waals surface area contributed by atoms with Crippen LogP contribution in [0.3, 0.4) is 0 Å². The van der Waals surface area contributed by atoms with Gasteiger partial charge in [-0.1, -0.05) is 12.1 Å². The fourth-order valence-corrected chi connectivity index (χ4v) is 2.22. The molecule has 0 saturated carbocycles. The summed E-state index contributed by atoms with van der Waals surface area (Å²) in [7, 11) is 1.69. The van der Waals surface area contributed by atoms with E-state index in [2.05, 4.69) is 17.0 Å². The number of hydrogen-bond donors (Lipinski definition) is 1. The van der Waals surface area contributed by atoms with Gasteiger partial charge in [-0.05, 0) is 37.1 Å². The summed E-state index contributed by atoms with van der Waals surface area (Å²) in [6, 6.07) is 8.63. The summed E-state index contributed by atoms with van der Waals surface area (Å²) in [5.74, 6) is 0.916. The zero-order valence-corrected chi connectivity index (χ0v) is 9.86. The molecule has 16 heavy (non-hydrogen) atoms. The van der Waals surface area contributed by atoms with E-state index in [1.165, 1.54) is 24.9 Å². The first-order valence-corrected chi connectivity index (χ1v) is 5.89. The van der Waals surface area contributed by atoms with E-state index in [4.69, 9.17) is 10.5 Å². The van der Waals surface area contributed by atoms with Gasteiger partial charge in [-0.3, -0.25) is 4.90 Å². The van der Waals surface area contributed by atoms with Crippen molar-refractivity contribution in [3.8, 4) is 5.75 Å². The van der Waals surface area contributed by atoms with Gasteiger partial charge in [-0.2, -0.15) is 0 Å². The van der Waals surface area contributed by atoms with Gasteiger partial charge >= 0.3 is 0 Å². The lowest BCUT2D eigenvalue weighted by Gasteiger charge is -2.30. The van der Waals surface area contributed by atoms with E-state index in [0.29, 0.717) is 6.04 Å². The van der Waals surface area contributed by atoms with E-state index in [1.54, 1.807) is 7.11 Å². The molecule has 1 heterocycles. The molecular weight excluding hydrogens is 200 g/mol. The Bertz CT molecular complexity index is 323. The van der Waals surface area contributed by atoms with E-state index in [9.17, 15) is 0 Å². The van der Waals surface area contributed by atoms with E-state index >= 15 is 0 Å². The Labute approximate surface area is 97.2 Å². The van der Waals surface area contributed by atoms with Crippen LogP contribution in [-0.4, -0.2) is 31.1 Å². The van der Waals surface area contributed by atoms with Gasteiger partial charge in [0.25, 0.3) is 0 Å². The molecule has 0 radical (unpaired) electrons. The lowest BCUT2D eigenvalue weighted by molar-refractivity contribution is 0.201. The molecular formula is C13H20N2O. The number of piperidine rings is 1. The first-order valence-electron chi connectivity index (χ1n) is 5.89. The monoisotopic (exact) mass is 220 g/mol. The lowest BCUT2D eigenvalue weighted by Crippen LogP contribution is -2.42. The van der Waals surface area contributed by atoms with Crippen LogP contribution in [-0.2, 0) is 6.54 Å². The summed E-state index contributed by atoms with van der Waals surface area (Å²) < 4.78 is 5.14. The van der Waals surface area contributed by atoms with Crippen molar-refractivity contribution in [1.29, 1.82) is 0 Å². The normalized spacial score (nSPS) is 22.0. The van der Waals surface area contributed by atoms with E-state index < -0.39 is 0 Å². The molecule has 88 valence electrons. The van der Waals surface area contributed by atoms with Crippen molar-refractivity contribution >= 4 is 0 Å². The average Bonchev–Trinajstić information content (AvgIpc) is 2.30. The molecule has 1 atom stereocenters. The van der Waals surface area contributed by atoms with Gasteiger partial charge in [0.2, 0.25) is 0 Å². The van der Waals surface area contributed by atoms with Crippen LogP contribution < -0.4 is 10.5 Å². The Morgan fingerprint density at radius 1 is 1.38 bits per heavy atom.